The molecule has 1 aromatic carbocycles. The van der Waals surface area contributed by atoms with E-state index in [0.29, 0.717) is 0 Å². The molecular formula is C15H26N2O2S2. The molecule has 1 N–H and O–H groups in total. The number of rotatable bonds is 9. The SMILES string of the molecule is CNCc1ccc(CS(=O)(=O)N(C)C(C)CCSC)cc1. The third-order valence-electron chi connectivity index (χ3n) is 3.55. The molecule has 4 nitrogen and oxygen atoms in total. The van der Waals surface area contributed by atoms with Crippen LogP contribution < -0.4 is 5.32 Å². The monoisotopic (exact) mass is 330 g/mol. The second-order valence-corrected chi connectivity index (χ2v) is 8.26. The van der Waals surface area contributed by atoms with Crippen LogP contribution in [0.4, 0.5) is 0 Å². The van der Waals surface area contributed by atoms with Gasteiger partial charge >= 0.3 is 0 Å². The number of nitrogens with zero attached hydrogens (tertiary/aromatic N) is 1. The summed E-state index contributed by atoms with van der Waals surface area (Å²) in [6, 6.07) is 7.76. The Morgan fingerprint density at radius 1 is 1.24 bits per heavy atom. The van der Waals surface area contributed by atoms with Gasteiger partial charge in [0.05, 0.1) is 5.75 Å². The molecule has 0 aliphatic carbocycles. The van der Waals surface area contributed by atoms with E-state index in [4.69, 9.17) is 0 Å². The maximum Gasteiger partial charge on any atom is 0.218 e. The van der Waals surface area contributed by atoms with E-state index >= 15 is 0 Å². The maximum atomic E-state index is 12.4. The first-order valence-electron chi connectivity index (χ1n) is 7.07. The molecule has 0 heterocycles. The fourth-order valence-corrected chi connectivity index (χ4v) is 4.06. The van der Waals surface area contributed by atoms with Crippen molar-refractivity contribution in [2.45, 2.75) is 31.7 Å². The first kappa shape index (κ1) is 18.5. The Balaban J connectivity index is 2.70. The zero-order valence-electron chi connectivity index (χ0n) is 13.3. The summed E-state index contributed by atoms with van der Waals surface area (Å²) in [4.78, 5) is 0. The highest BCUT2D eigenvalue weighted by Crippen LogP contribution is 2.15. The summed E-state index contributed by atoms with van der Waals surface area (Å²) in [6.07, 6.45) is 2.91. The van der Waals surface area contributed by atoms with E-state index in [9.17, 15) is 8.42 Å². The third-order valence-corrected chi connectivity index (χ3v) is 6.13. The van der Waals surface area contributed by atoms with Gasteiger partial charge in [0.2, 0.25) is 10.0 Å². The second kappa shape index (κ2) is 8.78. The Morgan fingerprint density at radius 3 is 2.33 bits per heavy atom. The lowest BCUT2D eigenvalue weighted by Gasteiger charge is -2.24. The minimum absolute atomic E-state index is 0.0333. The van der Waals surface area contributed by atoms with Crippen molar-refractivity contribution in [1.82, 2.24) is 9.62 Å². The van der Waals surface area contributed by atoms with Crippen molar-refractivity contribution < 1.29 is 8.42 Å². The number of benzene rings is 1. The molecule has 6 heteroatoms. The van der Waals surface area contributed by atoms with Crippen molar-refractivity contribution in [3.05, 3.63) is 35.4 Å². The van der Waals surface area contributed by atoms with Crippen LogP contribution in [0.3, 0.4) is 0 Å². The van der Waals surface area contributed by atoms with Gasteiger partial charge in [-0.15, -0.1) is 0 Å². The Bertz CT molecular complexity index is 515. The smallest absolute Gasteiger partial charge is 0.218 e. The van der Waals surface area contributed by atoms with Crippen LogP contribution in [0.25, 0.3) is 0 Å². The molecule has 0 radical (unpaired) electrons. The summed E-state index contributed by atoms with van der Waals surface area (Å²) < 4.78 is 26.3. The lowest BCUT2D eigenvalue weighted by molar-refractivity contribution is 0.382. The topological polar surface area (TPSA) is 49.4 Å². The third kappa shape index (κ3) is 5.98. The lowest BCUT2D eigenvalue weighted by atomic mass is 10.1. The molecule has 0 saturated heterocycles. The van der Waals surface area contributed by atoms with E-state index in [1.165, 1.54) is 4.31 Å². The standard InChI is InChI=1S/C15H26N2O2S2/c1-13(9-10-20-4)17(3)21(18,19)12-15-7-5-14(6-8-15)11-16-2/h5-8,13,16H,9-12H2,1-4H3. The summed E-state index contributed by atoms with van der Waals surface area (Å²) >= 11 is 1.74. The molecular weight excluding hydrogens is 304 g/mol. The van der Waals surface area contributed by atoms with Gasteiger partial charge < -0.3 is 5.32 Å². The Hall–Kier alpha value is -0.560. The van der Waals surface area contributed by atoms with E-state index in [2.05, 4.69) is 5.32 Å². The van der Waals surface area contributed by atoms with Crippen molar-refractivity contribution >= 4 is 21.8 Å². The van der Waals surface area contributed by atoms with E-state index < -0.39 is 10.0 Å². The van der Waals surface area contributed by atoms with Gasteiger partial charge in [-0.2, -0.15) is 11.8 Å². The molecule has 0 aromatic heterocycles. The van der Waals surface area contributed by atoms with Gasteiger partial charge in [-0.25, -0.2) is 12.7 Å². The molecule has 1 unspecified atom stereocenters. The van der Waals surface area contributed by atoms with E-state index in [1.807, 2.05) is 44.5 Å². The highest BCUT2D eigenvalue weighted by atomic mass is 32.2. The fourth-order valence-electron chi connectivity index (χ4n) is 2.01. The van der Waals surface area contributed by atoms with Gasteiger partial charge in [-0.05, 0) is 43.5 Å². The van der Waals surface area contributed by atoms with Gasteiger partial charge in [0, 0.05) is 19.6 Å². The predicted octanol–water partition coefficient (Wildman–Crippen LogP) is 2.31. The average molecular weight is 331 g/mol. The molecule has 0 saturated carbocycles. The Morgan fingerprint density at radius 2 is 1.81 bits per heavy atom. The summed E-state index contributed by atoms with van der Waals surface area (Å²) in [7, 11) is 0.309. The van der Waals surface area contributed by atoms with Gasteiger partial charge in [0.15, 0.2) is 0 Å². The van der Waals surface area contributed by atoms with E-state index in [1.54, 1.807) is 18.8 Å². The van der Waals surface area contributed by atoms with Crippen LogP contribution in [0.5, 0.6) is 0 Å². The second-order valence-electron chi connectivity index (χ2n) is 5.25. The van der Waals surface area contributed by atoms with Crippen LogP contribution in [0.15, 0.2) is 24.3 Å². The molecule has 0 fully saturated rings. The molecule has 1 atom stereocenters. The first-order chi connectivity index (χ1) is 9.90. The Kier molecular flexibility index (Phi) is 7.73. The van der Waals surface area contributed by atoms with E-state index in [-0.39, 0.29) is 11.8 Å². The van der Waals surface area contributed by atoms with Crippen molar-refractivity contribution in [1.29, 1.82) is 0 Å². The van der Waals surface area contributed by atoms with Gasteiger partial charge in [-0.3, -0.25) is 0 Å². The number of hydrogen-bond acceptors (Lipinski definition) is 4. The highest BCUT2D eigenvalue weighted by Gasteiger charge is 2.23. The minimum Gasteiger partial charge on any atom is -0.316 e. The lowest BCUT2D eigenvalue weighted by Crippen LogP contribution is -2.36. The van der Waals surface area contributed by atoms with Crippen LogP contribution in [0, 0.1) is 0 Å². The highest BCUT2D eigenvalue weighted by molar-refractivity contribution is 7.98. The minimum atomic E-state index is -3.26. The van der Waals surface area contributed by atoms with Crippen LogP contribution >= 0.6 is 11.8 Å². The summed E-state index contributed by atoms with van der Waals surface area (Å²) in [6.45, 7) is 2.75. The summed E-state index contributed by atoms with van der Waals surface area (Å²) in [5.41, 5.74) is 1.99. The number of thioether (sulfide) groups is 1. The van der Waals surface area contributed by atoms with Crippen molar-refractivity contribution in [3.63, 3.8) is 0 Å². The van der Waals surface area contributed by atoms with Crippen LogP contribution in [-0.2, 0) is 22.3 Å². The molecule has 0 spiro atoms. The van der Waals surface area contributed by atoms with Gasteiger partial charge in [0.1, 0.15) is 0 Å². The molecule has 1 aromatic rings. The van der Waals surface area contributed by atoms with Crippen molar-refractivity contribution in [2.75, 3.05) is 26.1 Å². The molecule has 21 heavy (non-hydrogen) atoms. The Labute approximate surface area is 133 Å². The zero-order chi connectivity index (χ0) is 15.9. The van der Waals surface area contributed by atoms with Crippen LogP contribution in [0.1, 0.15) is 24.5 Å². The van der Waals surface area contributed by atoms with Crippen molar-refractivity contribution in [2.24, 2.45) is 0 Å². The average Bonchev–Trinajstić information content (AvgIpc) is 2.46. The van der Waals surface area contributed by atoms with Crippen molar-refractivity contribution in [3.8, 4) is 0 Å². The molecule has 0 aliphatic rings. The molecule has 0 aliphatic heterocycles. The summed E-state index contributed by atoms with van der Waals surface area (Å²) in [5, 5.41) is 3.08. The predicted molar refractivity (Wildman–Crippen MR) is 92.1 cm³/mol. The first-order valence-corrected chi connectivity index (χ1v) is 10.1. The molecule has 0 bridgehead atoms. The van der Waals surface area contributed by atoms with Crippen LogP contribution in [-0.4, -0.2) is 44.9 Å². The van der Waals surface area contributed by atoms with Crippen LogP contribution in [0.2, 0.25) is 0 Å². The number of hydrogen-bond donors (Lipinski definition) is 1. The molecule has 120 valence electrons. The zero-order valence-corrected chi connectivity index (χ0v) is 14.9. The molecule has 0 amide bonds. The van der Waals surface area contributed by atoms with E-state index in [0.717, 1.165) is 29.8 Å². The largest absolute Gasteiger partial charge is 0.316 e. The van der Waals surface area contributed by atoms with Gasteiger partial charge in [-0.1, -0.05) is 24.3 Å². The molecule has 1 rings (SSSR count). The number of sulfonamides is 1. The normalized spacial score (nSPS) is 13.6. The summed E-state index contributed by atoms with van der Waals surface area (Å²) in [5.74, 6) is 1.03. The quantitative estimate of drug-likeness (QED) is 0.755. The van der Waals surface area contributed by atoms with Gasteiger partial charge in [0.25, 0.3) is 0 Å². The number of nitrogens with one attached hydrogen (secondary N) is 1. The maximum absolute atomic E-state index is 12.4. The fraction of sp³-hybridized carbons (Fsp3) is 0.600.